The van der Waals surface area contributed by atoms with Gasteiger partial charge in [-0.25, -0.2) is 15.1 Å². The molecule has 0 saturated carbocycles. The van der Waals surface area contributed by atoms with Gasteiger partial charge in [0.05, 0.1) is 0 Å². The lowest BCUT2D eigenvalue weighted by Crippen LogP contribution is -2.36. The fourth-order valence-corrected chi connectivity index (χ4v) is 0.893. The summed E-state index contributed by atoms with van der Waals surface area (Å²) >= 11 is 0. The second-order valence-electron chi connectivity index (χ2n) is 2.84. The number of guanidine groups is 1. The number of carboxylic acid groups (broad SMARTS) is 1. The van der Waals surface area contributed by atoms with E-state index in [0.29, 0.717) is 25.8 Å². The highest BCUT2D eigenvalue weighted by Gasteiger charge is 1.98. The van der Waals surface area contributed by atoms with E-state index in [0.717, 1.165) is 0 Å². The third-order valence-corrected chi connectivity index (χ3v) is 1.54. The van der Waals surface area contributed by atoms with Crippen LogP contribution >= 0.6 is 0 Å². The van der Waals surface area contributed by atoms with E-state index in [2.05, 4.69) is 4.99 Å². The summed E-state index contributed by atoms with van der Waals surface area (Å²) in [5, 5.41) is 17.4. The van der Waals surface area contributed by atoms with Crippen molar-refractivity contribution in [1.82, 2.24) is 5.43 Å². The number of aliphatic carboxylic acids is 1. The maximum Gasteiger partial charge on any atom is 0.303 e. The molecule has 0 aromatic heterocycles. The Bertz CT molecular complexity index is 253. The number of carbonyl (C=O) groups is 1. The summed E-state index contributed by atoms with van der Waals surface area (Å²) in [4.78, 5) is 23.7. The summed E-state index contributed by atoms with van der Waals surface area (Å²) in [5.74, 6) is -1.06. The smallest absolute Gasteiger partial charge is 0.303 e. The van der Waals surface area contributed by atoms with E-state index >= 15 is 0 Å². The third-order valence-electron chi connectivity index (χ3n) is 1.54. The molecule has 8 heteroatoms. The van der Waals surface area contributed by atoms with Gasteiger partial charge in [-0.2, -0.15) is 0 Å². The zero-order valence-corrected chi connectivity index (χ0v) is 8.18. The number of carboxylic acids is 1. The fraction of sp³-hybridized carbons (Fsp3) is 0.714. The van der Waals surface area contributed by atoms with Crippen LogP contribution < -0.4 is 11.2 Å². The summed E-state index contributed by atoms with van der Waals surface area (Å²) in [6.45, 7) is 0.353. The third kappa shape index (κ3) is 10.1. The Hall–Kier alpha value is -1.86. The first-order valence-electron chi connectivity index (χ1n) is 4.45. The van der Waals surface area contributed by atoms with Gasteiger partial charge >= 0.3 is 5.97 Å². The van der Waals surface area contributed by atoms with E-state index in [1.165, 1.54) is 0 Å². The predicted octanol–water partition coefficient (Wildman–Crippen LogP) is -0.273. The van der Waals surface area contributed by atoms with Gasteiger partial charge in [-0.15, -0.1) is 0 Å². The van der Waals surface area contributed by atoms with Crippen LogP contribution in [0.25, 0.3) is 0 Å². The van der Waals surface area contributed by atoms with Crippen molar-refractivity contribution in [3.05, 3.63) is 10.1 Å². The number of hydrazine groups is 1. The van der Waals surface area contributed by atoms with Crippen LogP contribution in [-0.4, -0.2) is 28.6 Å². The average Bonchev–Trinajstić information content (AvgIpc) is 2.09. The van der Waals surface area contributed by atoms with Crippen molar-refractivity contribution >= 4 is 11.9 Å². The number of nitrogens with two attached hydrogens (primary N) is 1. The molecule has 0 aliphatic rings. The largest absolute Gasteiger partial charge is 0.481 e. The van der Waals surface area contributed by atoms with Crippen LogP contribution in [0.2, 0.25) is 0 Å². The van der Waals surface area contributed by atoms with E-state index in [9.17, 15) is 14.9 Å². The van der Waals surface area contributed by atoms with Crippen LogP contribution in [0.15, 0.2) is 4.99 Å². The van der Waals surface area contributed by atoms with E-state index in [1.54, 1.807) is 5.43 Å². The summed E-state index contributed by atoms with van der Waals surface area (Å²) in [5.41, 5.74) is 6.85. The molecule has 0 aromatic rings. The molecule has 0 aliphatic carbocycles. The lowest BCUT2D eigenvalue weighted by molar-refractivity contribution is -0.525. The molecule has 0 spiro atoms. The lowest BCUT2D eigenvalue weighted by atomic mass is 10.2. The number of nitro groups is 1. The Kier molecular flexibility index (Phi) is 6.60. The van der Waals surface area contributed by atoms with Crippen LogP contribution in [0.4, 0.5) is 0 Å². The summed E-state index contributed by atoms with van der Waals surface area (Å²) in [6, 6.07) is 0. The van der Waals surface area contributed by atoms with Crippen LogP contribution in [0, 0.1) is 10.1 Å². The van der Waals surface area contributed by atoms with Crippen molar-refractivity contribution in [2.45, 2.75) is 25.7 Å². The number of aliphatic imine (C=N–C) groups is 1. The number of nitrogens with one attached hydrogen (secondary N) is 1. The molecule has 0 aromatic carbocycles. The van der Waals surface area contributed by atoms with Crippen LogP contribution in [0.5, 0.6) is 0 Å². The highest BCUT2D eigenvalue weighted by Crippen LogP contribution is 1.99. The van der Waals surface area contributed by atoms with E-state index < -0.39 is 11.0 Å². The molecule has 4 N–H and O–H groups in total. The quantitative estimate of drug-likeness (QED) is 0.177. The summed E-state index contributed by atoms with van der Waals surface area (Å²) < 4.78 is 0. The molecular weight excluding hydrogens is 204 g/mol. The molecule has 0 bridgehead atoms. The summed E-state index contributed by atoms with van der Waals surface area (Å²) in [7, 11) is 0. The number of rotatable bonds is 7. The number of hydrogen-bond donors (Lipinski definition) is 3. The van der Waals surface area contributed by atoms with Crippen LogP contribution in [0.1, 0.15) is 25.7 Å². The predicted molar refractivity (Wildman–Crippen MR) is 52.7 cm³/mol. The van der Waals surface area contributed by atoms with Crippen molar-refractivity contribution < 1.29 is 14.9 Å². The first-order valence-corrected chi connectivity index (χ1v) is 4.45. The lowest BCUT2D eigenvalue weighted by Gasteiger charge is -1.97. The minimum Gasteiger partial charge on any atom is -0.481 e. The molecule has 0 saturated heterocycles. The molecule has 8 nitrogen and oxygen atoms in total. The maximum atomic E-state index is 10.1. The Balaban J connectivity index is 3.44. The van der Waals surface area contributed by atoms with Gasteiger partial charge in [-0.1, -0.05) is 11.8 Å². The van der Waals surface area contributed by atoms with Crippen LogP contribution in [0.3, 0.4) is 0 Å². The first-order chi connectivity index (χ1) is 7.02. The fourth-order valence-electron chi connectivity index (χ4n) is 0.893. The molecule has 0 atom stereocenters. The monoisotopic (exact) mass is 218 g/mol. The summed E-state index contributed by atoms with van der Waals surface area (Å²) in [6.07, 6.45) is 2.08. The van der Waals surface area contributed by atoms with Crippen molar-refractivity contribution in [2.75, 3.05) is 6.54 Å². The standard InChI is InChI=1S/C7H14N4O4/c8-7(10-11(14)15)9-5-3-1-2-4-6(12)13/h1-5H2,(H,12,13)(H3,8,9,10). The number of nitrogens with zero attached hydrogens (tertiary/aromatic N) is 2. The van der Waals surface area contributed by atoms with E-state index in [4.69, 9.17) is 10.8 Å². The van der Waals surface area contributed by atoms with Crippen molar-refractivity contribution in [1.29, 1.82) is 0 Å². The zero-order chi connectivity index (χ0) is 11.7. The molecule has 86 valence electrons. The van der Waals surface area contributed by atoms with Gasteiger partial charge in [0.2, 0.25) is 0 Å². The average molecular weight is 218 g/mol. The Morgan fingerprint density at radius 1 is 1.47 bits per heavy atom. The topological polar surface area (TPSA) is 131 Å². The molecule has 0 amide bonds. The number of unbranched alkanes of at least 4 members (excludes halogenated alkanes) is 2. The first kappa shape index (κ1) is 13.1. The highest BCUT2D eigenvalue weighted by atomic mass is 16.7. The van der Waals surface area contributed by atoms with Gasteiger partial charge in [-0.3, -0.25) is 4.79 Å². The molecular formula is C7H14N4O4. The van der Waals surface area contributed by atoms with Crippen molar-refractivity contribution in [3.63, 3.8) is 0 Å². The molecule has 15 heavy (non-hydrogen) atoms. The van der Waals surface area contributed by atoms with Crippen molar-refractivity contribution in [2.24, 2.45) is 10.7 Å². The second kappa shape index (κ2) is 7.54. The molecule has 0 fully saturated rings. The number of hydrogen-bond acceptors (Lipinski definition) is 4. The Morgan fingerprint density at radius 3 is 2.67 bits per heavy atom. The van der Waals surface area contributed by atoms with Gasteiger partial charge in [0.25, 0.3) is 5.96 Å². The van der Waals surface area contributed by atoms with Crippen LogP contribution in [-0.2, 0) is 4.79 Å². The SMILES string of the molecule is NC(=NCCCCCC(=O)O)N[N+](=O)[O-]. The maximum absolute atomic E-state index is 10.1. The van der Waals surface area contributed by atoms with E-state index in [-0.39, 0.29) is 12.4 Å². The normalized spacial score (nSPS) is 11.1. The molecule has 0 rings (SSSR count). The zero-order valence-electron chi connectivity index (χ0n) is 8.18. The Labute approximate surface area is 86.3 Å². The van der Waals surface area contributed by atoms with E-state index in [1.807, 2.05) is 0 Å². The minimum atomic E-state index is -0.826. The van der Waals surface area contributed by atoms with Crippen molar-refractivity contribution in [3.8, 4) is 0 Å². The van der Waals surface area contributed by atoms with Gasteiger partial charge in [0.15, 0.2) is 5.03 Å². The van der Waals surface area contributed by atoms with Gasteiger partial charge in [0.1, 0.15) is 0 Å². The molecule has 0 radical (unpaired) electrons. The molecule has 0 unspecified atom stereocenters. The minimum absolute atomic E-state index is 0.131. The molecule has 0 heterocycles. The highest BCUT2D eigenvalue weighted by molar-refractivity contribution is 5.76. The molecule has 0 aliphatic heterocycles. The van der Waals surface area contributed by atoms with Gasteiger partial charge in [-0.05, 0) is 12.8 Å². The van der Waals surface area contributed by atoms with Gasteiger partial charge in [0, 0.05) is 13.0 Å². The Morgan fingerprint density at radius 2 is 2.13 bits per heavy atom. The van der Waals surface area contributed by atoms with Gasteiger partial charge < -0.3 is 10.8 Å². The second-order valence-corrected chi connectivity index (χ2v) is 2.84.